The molecule has 0 aromatic heterocycles. The summed E-state index contributed by atoms with van der Waals surface area (Å²) in [6.45, 7) is 6.67. The topological polar surface area (TPSA) is 115 Å². The maximum Gasteiger partial charge on any atom is 0.314 e. The molecule has 4 saturated carbocycles. The Balaban J connectivity index is 0.697. The van der Waals surface area contributed by atoms with Crippen molar-refractivity contribution >= 4 is 11.9 Å². The van der Waals surface area contributed by atoms with Crippen LogP contribution < -0.4 is 9.47 Å². The second-order valence-corrected chi connectivity index (χ2v) is 16.8. The van der Waals surface area contributed by atoms with Gasteiger partial charge in [0.25, 0.3) is 0 Å². The second kappa shape index (κ2) is 19.7. The minimum Gasteiger partial charge on any atom is -0.426 e. The highest BCUT2D eigenvalue weighted by Gasteiger charge is 2.44. The van der Waals surface area contributed by atoms with Gasteiger partial charge in [-0.15, -0.1) is 0 Å². The molecule has 0 spiro atoms. The SMILES string of the molecule is Cc1cc(OC(=O)C2CCC(OCCCCOCC3CCC4OC4C3)CC2)ccc1OC(=O)C1CCC(OCCCCOCC2CCC3OC3C2)CC1. The number of ether oxygens (including phenoxy) is 8. The average molecular weight is 741 g/mol. The molecule has 6 fully saturated rings. The number of hydrogen-bond acceptors (Lipinski definition) is 10. The lowest BCUT2D eigenvalue weighted by Crippen LogP contribution is -2.29. The van der Waals surface area contributed by atoms with Gasteiger partial charge in [-0.05, 0) is 158 Å². The number of unbranched alkanes of at least 4 members (excludes halogenated alkanes) is 2. The van der Waals surface area contributed by atoms with Gasteiger partial charge in [0.05, 0.1) is 48.5 Å². The van der Waals surface area contributed by atoms with Crippen LogP contribution in [0.2, 0.25) is 0 Å². The highest BCUT2D eigenvalue weighted by atomic mass is 16.6. The molecule has 6 unspecified atom stereocenters. The van der Waals surface area contributed by atoms with Crippen LogP contribution in [-0.2, 0) is 38.0 Å². The van der Waals surface area contributed by atoms with Crippen molar-refractivity contribution in [2.24, 2.45) is 23.7 Å². The molecule has 7 rings (SSSR count). The van der Waals surface area contributed by atoms with Gasteiger partial charge < -0.3 is 37.9 Å². The van der Waals surface area contributed by atoms with Gasteiger partial charge in [-0.3, -0.25) is 9.59 Å². The molecule has 0 radical (unpaired) electrons. The van der Waals surface area contributed by atoms with Gasteiger partial charge in [-0.25, -0.2) is 0 Å². The van der Waals surface area contributed by atoms with E-state index in [4.69, 9.17) is 37.9 Å². The van der Waals surface area contributed by atoms with Crippen molar-refractivity contribution in [3.05, 3.63) is 23.8 Å². The fourth-order valence-corrected chi connectivity index (χ4v) is 9.01. The number of fused-ring (bicyclic) bond motifs is 2. The Hall–Kier alpha value is -2.08. The van der Waals surface area contributed by atoms with Crippen molar-refractivity contribution < 1.29 is 47.5 Å². The van der Waals surface area contributed by atoms with Crippen molar-refractivity contribution in [3.63, 3.8) is 0 Å². The smallest absolute Gasteiger partial charge is 0.314 e. The third kappa shape index (κ3) is 12.2. The average Bonchev–Trinajstić information content (AvgIpc) is 4.11. The number of hydrogen-bond donors (Lipinski definition) is 0. The van der Waals surface area contributed by atoms with Crippen molar-refractivity contribution in [1.29, 1.82) is 0 Å². The molecule has 0 amide bonds. The van der Waals surface area contributed by atoms with Crippen LogP contribution >= 0.6 is 0 Å². The maximum atomic E-state index is 13.0. The number of benzene rings is 1. The summed E-state index contributed by atoms with van der Waals surface area (Å²) in [4.78, 5) is 26.0. The number of carbonyl (C=O) groups excluding carboxylic acids is 2. The first-order valence-electron chi connectivity index (χ1n) is 21.2. The van der Waals surface area contributed by atoms with Gasteiger partial charge in [-0.2, -0.15) is 0 Å². The quantitative estimate of drug-likeness (QED) is 0.0571. The number of carbonyl (C=O) groups is 2. The van der Waals surface area contributed by atoms with E-state index in [1.54, 1.807) is 18.2 Å². The molecular weight excluding hydrogens is 676 g/mol. The van der Waals surface area contributed by atoms with Crippen LogP contribution in [0.5, 0.6) is 11.5 Å². The predicted octanol–water partition coefficient (Wildman–Crippen LogP) is 7.69. The fourth-order valence-electron chi connectivity index (χ4n) is 9.01. The summed E-state index contributed by atoms with van der Waals surface area (Å²) in [5.74, 6) is 1.70. The van der Waals surface area contributed by atoms with E-state index in [-0.39, 0.29) is 36.0 Å². The van der Waals surface area contributed by atoms with Gasteiger partial charge >= 0.3 is 11.9 Å². The normalized spacial score (nSPS) is 33.4. The van der Waals surface area contributed by atoms with Gasteiger partial charge in [0, 0.05) is 39.6 Å². The monoisotopic (exact) mass is 740 g/mol. The van der Waals surface area contributed by atoms with Crippen LogP contribution in [0.3, 0.4) is 0 Å². The Kier molecular flexibility index (Phi) is 14.5. The Morgan fingerprint density at radius 1 is 0.585 bits per heavy atom. The Morgan fingerprint density at radius 2 is 1.08 bits per heavy atom. The van der Waals surface area contributed by atoms with Gasteiger partial charge in [0.15, 0.2) is 0 Å². The molecule has 6 atom stereocenters. The first kappa shape index (κ1) is 39.2. The zero-order valence-electron chi connectivity index (χ0n) is 32.1. The van der Waals surface area contributed by atoms with Crippen LogP contribution in [0.1, 0.15) is 121 Å². The third-order valence-electron chi connectivity index (χ3n) is 12.6. The summed E-state index contributed by atoms with van der Waals surface area (Å²) in [6, 6.07) is 5.25. The minimum atomic E-state index is -0.194. The van der Waals surface area contributed by atoms with E-state index < -0.39 is 0 Å². The van der Waals surface area contributed by atoms with Gasteiger partial charge in [0.2, 0.25) is 0 Å². The lowest BCUT2D eigenvalue weighted by molar-refractivity contribution is -0.142. The summed E-state index contributed by atoms with van der Waals surface area (Å²) >= 11 is 0. The van der Waals surface area contributed by atoms with Crippen LogP contribution in [-0.4, -0.2) is 88.2 Å². The van der Waals surface area contributed by atoms with Crippen molar-refractivity contribution in [1.82, 2.24) is 0 Å². The molecule has 4 aliphatic carbocycles. The molecule has 10 heteroatoms. The summed E-state index contributed by atoms with van der Waals surface area (Å²) in [5, 5.41) is 0. The third-order valence-corrected chi connectivity index (χ3v) is 12.6. The van der Waals surface area contributed by atoms with E-state index in [1.165, 1.54) is 38.5 Å². The standard InChI is InChI=1S/C43H64O10/c1-29-24-36(50-42(44)32-8-12-34(13-9-32)48-22-4-2-20-46-27-30-6-17-38-40(25-30)51-38)16-19-37(29)53-43(45)33-10-14-35(15-11-33)49-23-5-3-21-47-28-31-7-18-39-41(26-31)52-39/h16,19,24,30-35,38-41H,2-15,17-18,20-23,25-28H2,1H3. The van der Waals surface area contributed by atoms with E-state index in [9.17, 15) is 9.59 Å². The lowest BCUT2D eigenvalue weighted by atomic mass is 9.87. The van der Waals surface area contributed by atoms with Crippen LogP contribution in [0, 0.1) is 30.6 Å². The predicted molar refractivity (Wildman–Crippen MR) is 198 cm³/mol. The van der Waals surface area contributed by atoms with Gasteiger partial charge in [0.1, 0.15) is 11.5 Å². The van der Waals surface area contributed by atoms with Crippen LogP contribution in [0.15, 0.2) is 18.2 Å². The molecule has 2 saturated heterocycles. The zero-order chi connectivity index (χ0) is 36.4. The van der Waals surface area contributed by atoms with Gasteiger partial charge in [-0.1, -0.05) is 0 Å². The molecule has 6 aliphatic rings. The first-order chi connectivity index (χ1) is 26.0. The molecular formula is C43H64O10. The Morgan fingerprint density at radius 3 is 1.57 bits per heavy atom. The Labute approximate surface area is 316 Å². The summed E-state index contributed by atoms with van der Waals surface area (Å²) < 4.78 is 46.9. The molecule has 1 aromatic carbocycles. The Bertz CT molecular complexity index is 1300. The summed E-state index contributed by atoms with van der Waals surface area (Å²) in [6.07, 6.45) is 20.4. The second-order valence-electron chi connectivity index (χ2n) is 16.8. The molecule has 0 bridgehead atoms. The molecule has 1 aromatic rings. The number of esters is 2. The van der Waals surface area contributed by atoms with E-state index in [2.05, 4.69) is 0 Å². The number of aryl methyl sites for hydroxylation is 1. The van der Waals surface area contributed by atoms with E-state index in [1.807, 2.05) is 6.92 Å². The highest BCUT2D eigenvalue weighted by molar-refractivity contribution is 5.77. The first-order valence-corrected chi connectivity index (χ1v) is 21.2. The number of rotatable bonds is 20. The van der Waals surface area contributed by atoms with Crippen LogP contribution in [0.4, 0.5) is 0 Å². The fraction of sp³-hybridized carbons (Fsp3) is 0.814. The highest BCUT2D eigenvalue weighted by Crippen LogP contribution is 2.40. The van der Waals surface area contributed by atoms with Crippen molar-refractivity contribution in [2.75, 3.05) is 39.6 Å². The summed E-state index contributed by atoms with van der Waals surface area (Å²) in [5.41, 5.74) is 0.774. The van der Waals surface area contributed by atoms with Crippen molar-refractivity contribution in [2.45, 2.75) is 159 Å². The zero-order valence-corrected chi connectivity index (χ0v) is 32.1. The molecule has 10 nitrogen and oxygen atoms in total. The largest absolute Gasteiger partial charge is 0.426 e. The number of epoxide rings is 2. The maximum absolute atomic E-state index is 13.0. The van der Waals surface area contributed by atoms with Crippen LogP contribution in [0.25, 0.3) is 0 Å². The lowest BCUT2D eigenvalue weighted by Gasteiger charge is -2.27. The molecule has 2 aliphatic heterocycles. The molecule has 2 heterocycles. The molecule has 0 N–H and O–H groups in total. The van der Waals surface area contributed by atoms with E-state index >= 15 is 0 Å². The minimum absolute atomic E-state index is 0.122. The van der Waals surface area contributed by atoms with Crippen molar-refractivity contribution in [3.8, 4) is 11.5 Å². The van der Waals surface area contributed by atoms with E-state index in [0.717, 1.165) is 122 Å². The molecule has 296 valence electrons. The molecule has 53 heavy (non-hydrogen) atoms. The van der Waals surface area contributed by atoms with E-state index in [0.29, 0.717) is 47.8 Å². The summed E-state index contributed by atoms with van der Waals surface area (Å²) in [7, 11) is 0.